The van der Waals surface area contributed by atoms with E-state index in [2.05, 4.69) is 15.8 Å². The summed E-state index contributed by atoms with van der Waals surface area (Å²) in [5, 5.41) is 6.40. The summed E-state index contributed by atoms with van der Waals surface area (Å²) >= 11 is 0. The Bertz CT molecular complexity index is 771. The summed E-state index contributed by atoms with van der Waals surface area (Å²) in [5.41, 5.74) is 3.63. The Hall–Kier alpha value is -3.35. The fraction of sp³-hybridized carbons (Fsp3) is 0.250. The number of hydrogen-bond acceptors (Lipinski definition) is 5. The first-order chi connectivity index (χ1) is 13.1. The lowest BCUT2D eigenvalue weighted by Gasteiger charge is -2.07. The molecule has 0 saturated heterocycles. The van der Waals surface area contributed by atoms with Crippen molar-refractivity contribution in [2.24, 2.45) is 5.10 Å². The van der Waals surface area contributed by atoms with Crippen molar-refractivity contribution in [3.63, 3.8) is 0 Å². The fourth-order valence-electron chi connectivity index (χ4n) is 2.09. The second kappa shape index (κ2) is 10.6. The Morgan fingerprint density at radius 3 is 2.33 bits per heavy atom. The zero-order chi connectivity index (χ0) is 19.5. The quantitative estimate of drug-likeness (QED) is 0.525. The monoisotopic (exact) mass is 369 g/mol. The Balaban J connectivity index is 1.75. The Morgan fingerprint density at radius 2 is 1.70 bits per heavy atom. The molecule has 2 aromatic rings. The van der Waals surface area contributed by atoms with Crippen molar-refractivity contribution >= 4 is 18.0 Å². The van der Waals surface area contributed by atoms with Gasteiger partial charge in [0.15, 0.2) is 0 Å². The van der Waals surface area contributed by atoms with E-state index in [1.807, 2.05) is 19.1 Å². The lowest BCUT2D eigenvalue weighted by Crippen LogP contribution is -2.34. The van der Waals surface area contributed by atoms with Crippen molar-refractivity contribution in [2.75, 3.05) is 20.3 Å². The molecule has 7 heteroatoms. The number of ether oxygens (including phenoxy) is 2. The number of carbonyl (C=O) groups excluding carboxylic acids is 2. The summed E-state index contributed by atoms with van der Waals surface area (Å²) in [7, 11) is 1.59. The number of nitrogens with one attached hydrogen (secondary N) is 2. The highest BCUT2D eigenvalue weighted by Crippen LogP contribution is 2.12. The first-order valence-electron chi connectivity index (χ1n) is 8.59. The molecular weight excluding hydrogens is 346 g/mol. The molecule has 0 radical (unpaired) electrons. The molecule has 142 valence electrons. The highest BCUT2D eigenvalue weighted by molar-refractivity contribution is 5.96. The van der Waals surface area contributed by atoms with Gasteiger partial charge in [0, 0.05) is 5.56 Å². The second-order valence-corrected chi connectivity index (χ2v) is 5.62. The van der Waals surface area contributed by atoms with Crippen molar-refractivity contribution in [3.8, 4) is 11.5 Å². The van der Waals surface area contributed by atoms with E-state index in [1.54, 1.807) is 43.5 Å². The number of methoxy groups -OCH3 is 1. The molecule has 0 aromatic heterocycles. The molecule has 0 atom stereocenters. The van der Waals surface area contributed by atoms with E-state index in [0.717, 1.165) is 17.7 Å². The van der Waals surface area contributed by atoms with Gasteiger partial charge in [-0.25, -0.2) is 5.43 Å². The van der Waals surface area contributed by atoms with Crippen molar-refractivity contribution in [2.45, 2.75) is 13.3 Å². The molecule has 0 aliphatic rings. The van der Waals surface area contributed by atoms with Crippen LogP contribution in [-0.2, 0) is 4.79 Å². The number of carbonyl (C=O) groups is 2. The normalized spacial score (nSPS) is 10.4. The summed E-state index contributed by atoms with van der Waals surface area (Å²) in [6.45, 7) is 2.48. The van der Waals surface area contributed by atoms with Gasteiger partial charge in [-0.15, -0.1) is 0 Å². The molecular formula is C20H23N3O4. The first-order valence-corrected chi connectivity index (χ1v) is 8.59. The smallest absolute Gasteiger partial charge is 0.259 e. The van der Waals surface area contributed by atoms with E-state index in [-0.39, 0.29) is 12.5 Å². The van der Waals surface area contributed by atoms with Crippen LogP contribution in [0, 0.1) is 0 Å². The van der Waals surface area contributed by atoms with Crippen LogP contribution in [0.1, 0.15) is 29.3 Å². The standard InChI is InChI=1S/C20H23N3O4/c1-3-12-27-18-10-6-16(7-11-18)20(25)21-14-19(24)23-22-13-15-4-8-17(26-2)9-5-15/h4-11,13H,3,12,14H2,1-2H3,(H,21,25)(H,23,24)/b22-13+. The number of benzene rings is 2. The minimum Gasteiger partial charge on any atom is -0.497 e. The van der Waals surface area contributed by atoms with Gasteiger partial charge in [-0.2, -0.15) is 5.10 Å². The molecule has 0 fully saturated rings. The van der Waals surface area contributed by atoms with Crippen molar-refractivity contribution in [1.29, 1.82) is 0 Å². The average Bonchev–Trinajstić information content (AvgIpc) is 2.71. The summed E-state index contributed by atoms with van der Waals surface area (Å²) in [5.74, 6) is 0.685. The molecule has 7 nitrogen and oxygen atoms in total. The first kappa shape index (κ1) is 20.0. The van der Waals surface area contributed by atoms with Crippen LogP contribution in [0.4, 0.5) is 0 Å². The molecule has 0 saturated carbocycles. The van der Waals surface area contributed by atoms with Gasteiger partial charge in [0.1, 0.15) is 11.5 Å². The lowest BCUT2D eigenvalue weighted by atomic mass is 10.2. The van der Waals surface area contributed by atoms with Crippen LogP contribution in [0.5, 0.6) is 11.5 Å². The van der Waals surface area contributed by atoms with Crippen molar-refractivity contribution < 1.29 is 19.1 Å². The molecule has 2 amide bonds. The molecule has 0 heterocycles. The number of hydrogen-bond donors (Lipinski definition) is 2. The zero-order valence-electron chi connectivity index (χ0n) is 15.4. The van der Waals surface area contributed by atoms with Gasteiger partial charge in [0.2, 0.25) is 0 Å². The van der Waals surface area contributed by atoms with E-state index >= 15 is 0 Å². The van der Waals surface area contributed by atoms with E-state index in [9.17, 15) is 9.59 Å². The SMILES string of the molecule is CCCOc1ccc(C(=O)NCC(=O)N/N=C/c2ccc(OC)cc2)cc1. The van der Waals surface area contributed by atoms with Crippen LogP contribution in [0.3, 0.4) is 0 Å². The van der Waals surface area contributed by atoms with E-state index in [0.29, 0.717) is 17.9 Å². The number of nitrogens with zero attached hydrogens (tertiary/aromatic N) is 1. The van der Waals surface area contributed by atoms with Crippen molar-refractivity contribution in [1.82, 2.24) is 10.7 Å². The third kappa shape index (κ3) is 6.81. The molecule has 0 aliphatic carbocycles. The molecule has 2 aromatic carbocycles. The van der Waals surface area contributed by atoms with Crippen LogP contribution in [-0.4, -0.2) is 38.3 Å². The number of amides is 2. The summed E-state index contributed by atoms with van der Waals surface area (Å²) < 4.78 is 10.5. The Morgan fingerprint density at radius 1 is 1.04 bits per heavy atom. The average molecular weight is 369 g/mol. The molecule has 0 bridgehead atoms. The highest BCUT2D eigenvalue weighted by atomic mass is 16.5. The van der Waals surface area contributed by atoms with Crippen LogP contribution in [0.25, 0.3) is 0 Å². The molecule has 27 heavy (non-hydrogen) atoms. The third-order valence-corrected chi connectivity index (χ3v) is 3.52. The summed E-state index contributed by atoms with van der Waals surface area (Å²) in [6, 6.07) is 14.0. The Kier molecular flexibility index (Phi) is 7.84. The van der Waals surface area contributed by atoms with Gasteiger partial charge in [0.25, 0.3) is 11.8 Å². The summed E-state index contributed by atoms with van der Waals surface area (Å²) in [4.78, 5) is 23.8. The van der Waals surface area contributed by atoms with Gasteiger partial charge < -0.3 is 14.8 Å². The van der Waals surface area contributed by atoms with Crippen LogP contribution in [0.15, 0.2) is 53.6 Å². The minimum absolute atomic E-state index is 0.174. The van der Waals surface area contributed by atoms with Gasteiger partial charge in [-0.05, 0) is 60.5 Å². The van der Waals surface area contributed by atoms with Crippen LogP contribution in [0.2, 0.25) is 0 Å². The maximum absolute atomic E-state index is 12.0. The largest absolute Gasteiger partial charge is 0.497 e. The van der Waals surface area contributed by atoms with E-state index in [4.69, 9.17) is 9.47 Å². The summed E-state index contributed by atoms with van der Waals surface area (Å²) in [6.07, 6.45) is 2.42. The van der Waals surface area contributed by atoms with Crippen LogP contribution >= 0.6 is 0 Å². The minimum atomic E-state index is -0.420. The second-order valence-electron chi connectivity index (χ2n) is 5.62. The predicted molar refractivity (Wildman–Crippen MR) is 103 cm³/mol. The number of rotatable bonds is 9. The Labute approximate surface area is 158 Å². The molecule has 0 unspecified atom stereocenters. The van der Waals surface area contributed by atoms with E-state index < -0.39 is 5.91 Å². The van der Waals surface area contributed by atoms with E-state index in [1.165, 1.54) is 6.21 Å². The molecule has 2 N–H and O–H groups in total. The van der Waals surface area contributed by atoms with Gasteiger partial charge >= 0.3 is 0 Å². The predicted octanol–water partition coefficient (Wildman–Crippen LogP) is 2.36. The highest BCUT2D eigenvalue weighted by Gasteiger charge is 2.07. The topological polar surface area (TPSA) is 89.0 Å². The molecule has 0 spiro atoms. The van der Waals surface area contributed by atoms with Crippen LogP contribution < -0.4 is 20.2 Å². The zero-order valence-corrected chi connectivity index (χ0v) is 15.4. The maximum Gasteiger partial charge on any atom is 0.259 e. The van der Waals surface area contributed by atoms with Gasteiger partial charge in [-0.1, -0.05) is 6.92 Å². The molecule has 0 aliphatic heterocycles. The van der Waals surface area contributed by atoms with Gasteiger partial charge in [0.05, 0.1) is 26.5 Å². The molecule has 2 rings (SSSR count). The lowest BCUT2D eigenvalue weighted by molar-refractivity contribution is -0.120. The third-order valence-electron chi connectivity index (χ3n) is 3.52. The number of hydrazone groups is 1. The van der Waals surface area contributed by atoms with Gasteiger partial charge in [-0.3, -0.25) is 9.59 Å². The van der Waals surface area contributed by atoms with Crippen molar-refractivity contribution in [3.05, 3.63) is 59.7 Å². The fourth-order valence-corrected chi connectivity index (χ4v) is 2.09. The maximum atomic E-state index is 12.0.